The molecule has 0 fully saturated rings. The standard InChI is InChI=1S/C10H14ClOP/c1-10(2,3)8-4-6-9(7-5-8)13(11)12/h4-7,13H,1-3H3. The molecule has 0 aromatic heterocycles. The molecule has 13 heavy (non-hydrogen) atoms. The lowest BCUT2D eigenvalue weighted by Gasteiger charge is -2.18. The van der Waals surface area contributed by atoms with Gasteiger partial charge in [-0.1, -0.05) is 56.3 Å². The monoisotopic (exact) mass is 216 g/mol. The summed E-state index contributed by atoms with van der Waals surface area (Å²) in [6.07, 6.45) is 0. The van der Waals surface area contributed by atoms with Gasteiger partial charge in [-0.2, -0.15) is 0 Å². The predicted molar refractivity (Wildman–Crippen MR) is 59.6 cm³/mol. The van der Waals surface area contributed by atoms with Gasteiger partial charge in [0.2, 0.25) is 0 Å². The summed E-state index contributed by atoms with van der Waals surface area (Å²) >= 11 is 5.52. The average Bonchev–Trinajstić information content (AvgIpc) is 2.03. The topological polar surface area (TPSA) is 17.1 Å². The summed E-state index contributed by atoms with van der Waals surface area (Å²) < 4.78 is 11.0. The Balaban J connectivity index is 3.01. The Hall–Kier alpha value is -0.260. The Kier molecular flexibility index (Phi) is 3.21. The van der Waals surface area contributed by atoms with Crippen LogP contribution in [0, 0.1) is 0 Å². The molecule has 0 spiro atoms. The highest BCUT2D eigenvalue weighted by Crippen LogP contribution is 2.27. The molecule has 1 nitrogen and oxygen atoms in total. The van der Waals surface area contributed by atoms with Crippen LogP contribution in [0.25, 0.3) is 0 Å². The van der Waals surface area contributed by atoms with Gasteiger partial charge in [0.25, 0.3) is 0 Å². The third kappa shape index (κ3) is 2.86. The van der Waals surface area contributed by atoms with Gasteiger partial charge in [0, 0.05) is 5.30 Å². The molecule has 0 aliphatic carbocycles. The highest BCUT2D eigenvalue weighted by molar-refractivity contribution is 7.80. The van der Waals surface area contributed by atoms with E-state index in [4.69, 9.17) is 11.2 Å². The largest absolute Gasteiger partial charge is 0.305 e. The lowest BCUT2D eigenvalue weighted by molar-refractivity contribution is 0.590. The minimum absolute atomic E-state index is 0.140. The maximum atomic E-state index is 11.0. The minimum atomic E-state index is -2.05. The van der Waals surface area contributed by atoms with Crippen molar-refractivity contribution in [2.45, 2.75) is 26.2 Å². The van der Waals surface area contributed by atoms with Gasteiger partial charge in [-0.15, -0.1) is 0 Å². The first-order chi connectivity index (χ1) is 5.91. The van der Waals surface area contributed by atoms with Crippen LogP contribution in [0.15, 0.2) is 24.3 Å². The van der Waals surface area contributed by atoms with Crippen LogP contribution in [0.3, 0.4) is 0 Å². The SMILES string of the molecule is CC(C)(C)c1ccc([PH](=O)Cl)cc1. The van der Waals surface area contributed by atoms with Crippen molar-refractivity contribution in [1.29, 1.82) is 0 Å². The molecule has 0 N–H and O–H groups in total. The first-order valence-electron chi connectivity index (χ1n) is 4.21. The molecule has 1 rings (SSSR count). The zero-order chi connectivity index (χ0) is 10.1. The Labute approximate surface area is 84.7 Å². The van der Waals surface area contributed by atoms with Crippen LogP contribution < -0.4 is 5.30 Å². The van der Waals surface area contributed by atoms with Crippen molar-refractivity contribution in [3.8, 4) is 0 Å². The highest BCUT2D eigenvalue weighted by atomic mass is 35.7. The molecule has 0 saturated carbocycles. The molecule has 1 aromatic carbocycles. The second kappa shape index (κ2) is 3.86. The van der Waals surface area contributed by atoms with Crippen molar-refractivity contribution in [1.82, 2.24) is 0 Å². The van der Waals surface area contributed by atoms with Crippen LogP contribution in [0.2, 0.25) is 0 Å². The number of halogens is 1. The summed E-state index contributed by atoms with van der Waals surface area (Å²) in [6.45, 7) is 6.43. The molecular formula is C10H14ClOP. The highest BCUT2D eigenvalue weighted by Gasteiger charge is 2.13. The number of hydrogen-bond acceptors (Lipinski definition) is 1. The fourth-order valence-corrected chi connectivity index (χ4v) is 1.91. The molecule has 0 aliphatic rings. The van der Waals surface area contributed by atoms with E-state index in [0.29, 0.717) is 0 Å². The molecule has 0 bridgehead atoms. The molecule has 0 aliphatic heterocycles. The maximum absolute atomic E-state index is 11.0. The summed E-state index contributed by atoms with van der Waals surface area (Å²) in [5.41, 5.74) is 1.37. The number of rotatable bonds is 1. The molecule has 0 amide bonds. The molecule has 0 saturated heterocycles. The Morgan fingerprint density at radius 1 is 1.15 bits per heavy atom. The number of benzene rings is 1. The zero-order valence-electron chi connectivity index (χ0n) is 8.10. The van der Waals surface area contributed by atoms with Gasteiger partial charge in [-0.25, -0.2) is 0 Å². The molecular weight excluding hydrogens is 203 g/mol. The second-order valence-corrected chi connectivity index (χ2v) is 6.26. The first kappa shape index (κ1) is 10.8. The van der Waals surface area contributed by atoms with Crippen LogP contribution in [-0.4, -0.2) is 0 Å². The smallest absolute Gasteiger partial charge is 0.186 e. The molecule has 1 unspecified atom stereocenters. The van der Waals surface area contributed by atoms with E-state index in [2.05, 4.69) is 20.8 Å². The molecule has 3 heteroatoms. The minimum Gasteiger partial charge on any atom is -0.305 e. The van der Waals surface area contributed by atoms with Crippen LogP contribution in [-0.2, 0) is 9.98 Å². The van der Waals surface area contributed by atoms with Gasteiger partial charge in [-0.05, 0) is 11.0 Å². The van der Waals surface area contributed by atoms with Crippen LogP contribution in [0.1, 0.15) is 26.3 Å². The zero-order valence-corrected chi connectivity index (χ0v) is 9.85. The molecule has 1 aromatic rings. The van der Waals surface area contributed by atoms with E-state index < -0.39 is 7.15 Å². The molecule has 1 atom stereocenters. The van der Waals surface area contributed by atoms with Crippen molar-refractivity contribution in [2.24, 2.45) is 0 Å². The maximum Gasteiger partial charge on any atom is 0.186 e. The normalized spacial score (nSPS) is 14.2. The Bertz CT molecular complexity index is 311. The second-order valence-electron chi connectivity index (χ2n) is 4.10. The third-order valence-corrected chi connectivity index (χ3v) is 3.42. The summed E-state index contributed by atoms with van der Waals surface area (Å²) in [4.78, 5) is 0. The van der Waals surface area contributed by atoms with Gasteiger partial charge in [-0.3, -0.25) is 0 Å². The van der Waals surface area contributed by atoms with Crippen LogP contribution in [0.4, 0.5) is 0 Å². The number of hydrogen-bond donors (Lipinski definition) is 0. The van der Waals surface area contributed by atoms with E-state index in [-0.39, 0.29) is 5.41 Å². The quantitative estimate of drug-likeness (QED) is 0.659. The van der Waals surface area contributed by atoms with Crippen molar-refractivity contribution >= 4 is 23.7 Å². The fourth-order valence-electron chi connectivity index (χ4n) is 1.10. The van der Waals surface area contributed by atoms with Crippen molar-refractivity contribution in [3.63, 3.8) is 0 Å². The van der Waals surface area contributed by atoms with E-state index >= 15 is 0 Å². The Morgan fingerprint density at radius 3 is 1.92 bits per heavy atom. The van der Waals surface area contributed by atoms with Gasteiger partial charge in [0.05, 0.1) is 0 Å². The fraction of sp³-hybridized carbons (Fsp3) is 0.400. The van der Waals surface area contributed by atoms with Crippen molar-refractivity contribution in [2.75, 3.05) is 0 Å². The van der Waals surface area contributed by atoms with E-state index in [0.717, 1.165) is 5.30 Å². The lowest BCUT2D eigenvalue weighted by Crippen LogP contribution is -2.11. The summed E-state index contributed by atoms with van der Waals surface area (Å²) in [5, 5.41) is 0.736. The molecule has 72 valence electrons. The van der Waals surface area contributed by atoms with Gasteiger partial charge in [0.1, 0.15) is 0 Å². The van der Waals surface area contributed by atoms with E-state index in [1.807, 2.05) is 24.3 Å². The summed E-state index contributed by atoms with van der Waals surface area (Å²) in [7, 11) is -2.05. The van der Waals surface area contributed by atoms with E-state index in [1.165, 1.54) is 5.56 Å². The molecule has 0 heterocycles. The van der Waals surface area contributed by atoms with Gasteiger partial charge >= 0.3 is 0 Å². The lowest BCUT2D eigenvalue weighted by atomic mass is 9.87. The summed E-state index contributed by atoms with van der Waals surface area (Å²) in [5.74, 6) is 0. The predicted octanol–water partition coefficient (Wildman–Crippen LogP) is 3.32. The summed E-state index contributed by atoms with van der Waals surface area (Å²) in [6, 6.07) is 7.66. The van der Waals surface area contributed by atoms with Crippen molar-refractivity contribution < 1.29 is 4.57 Å². The van der Waals surface area contributed by atoms with E-state index in [1.54, 1.807) is 0 Å². The van der Waals surface area contributed by atoms with Crippen LogP contribution >= 0.6 is 18.4 Å². The van der Waals surface area contributed by atoms with Crippen molar-refractivity contribution in [3.05, 3.63) is 29.8 Å². The average molecular weight is 217 g/mol. The third-order valence-electron chi connectivity index (χ3n) is 1.98. The molecule has 0 radical (unpaired) electrons. The van der Waals surface area contributed by atoms with Gasteiger partial charge in [0.15, 0.2) is 7.15 Å². The Morgan fingerprint density at radius 2 is 1.62 bits per heavy atom. The van der Waals surface area contributed by atoms with Crippen LogP contribution in [0.5, 0.6) is 0 Å². The first-order valence-corrected chi connectivity index (χ1v) is 6.63. The van der Waals surface area contributed by atoms with E-state index in [9.17, 15) is 4.57 Å². The van der Waals surface area contributed by atoms with Gasteiger partial charge < -0.3 is 4.57 Å².